The van der Waals surface area contributed by atoms with E-state index in [2.05, 4.69) is 0 Å². The number of morpholine rings is 1. The van der Waals surface area contributed by atoms with E-state index in [9.17, 15) is 4.79 Å². The molecule has 1 aromatic rings. The van der Waals surface area contributed by atoms with Crippen LogP contribution in [0.15, 0.2) is 11.4 Å². The van der Waals surface area contributed by atoms with E-state index in [-0.39, 0.29) is 11.5 Å². The van der Waals surface area contributed by atoms with Gasteiger partial charge in [-0.05, 0) is 36.8 Å². The average Bonchev–Trinajstić information content (AvgIpc) is 3.06. The topological polar surface area (TPSA) is 38.8 Å². The highest BCUT2D eigenvalue weighted by Crippen LogP contribution is 2.41. The predicted molar refractivity (Wildman–Crippen MR) is 82.9 cm³/mol. The van der Waals surface area contributed by atoms with Crippen molar-refractivity contribution in [2.75, 3.05) is 33.4 Å². The summed E-state index contributed by atoms with van der Waals surface area (Å²) in [5.41, 5.74) is 0.889. The summed E-state index contributed by atoms with van der Waals surface area (Å²) in [7, 11) is 1.74. The molecule has 0 aromatic carbocycles. The Morgan fingerprint density at radius 1 is 1.62 bits per heavy atom. The highest BCUT2D eigenvalue weighted by atomic mass is 32.1. The molecule has 0 radical (unpaired) electrons. The van der Waals surface area contributed by atoms with Crippen molar-refractivity contribution in [2.45, 2.75) is 31.8 Å². The Hall–Kier alpha value is -0.910. The molecule has 4 nitrogen and oxygen atoms in total. The first-order valence-electron chi connectivity index (χ1n) is 7.62. The van der Waals surface area contributed by atoms with Crippen LogP contribution in [0.2, 0.25) is 0 Å². The van der Waals surface area contributed by atoms with Crippen molar-refractivity contribution >= 4 is 17.2 Å². The summed E-state index contributed by atoms with van der Waals surface area (Å²) in [6.07, 6.45) is 3.33. The molecule has 1 aliphatic heterocycles. The predicted octanol–water partition coefficient (Wildman–Crippen LogP) is 2.71. The van der Waals surface area contributed by atoms with Crippen molar-refractivity contribution in [3.05, 3.63) is 21.9 Å². The number of carbonyl (C=O) groups excluding carboxylic acids is 1. The third-order valence-corrected chi connectivity index (χ3v) is 5.82. The summed E-state index contributed by atoms with van der Waals surface area (Å²) < 4.78 is 11.5. The maximum atomic E-state index is 12.7. The van der Waals surface area contributed by atoms with Gasteiger partial charge in [0.25, 0.3) is 5.91 Å². The summed E-state index contributed by atoms with van der Waals surface area (Å²) in [4.78, 5) is 15.6. The van der Waals surface area contributed by atoms with Crippen LogP contribution < -0.4 is 0 Å². The fourth-order valence-electron chi connectivity index (χ4n) is 3.67. The highest BCUT2D eigenvalue weighted by Gasteiger charge is 2.47. The fourth-order valence-corrected chi connectivity index (χ4v) is 4.56. The first-order chi connectivity index (χ1) is 10.2. The lowest BCUT2D eigenvalue weighted by molar-refractivity contribution is -0.130. The van der Waals surface area contributed by atoms with Gasteiger partial charge >= 0.3 is 0 Å². The minimum Gasteiger partial charge on any atom is -0.384 e. The van der Waals surface area contributed by atoms with E-state index in [1.54, 1.807) is 7.11 Å². The average molecular weight is 309 g/mol. The van der Waals surface area contributed by atoms with Crippen molar-refractivity contribution in [3.8, 4) is 0 Å². The second kappa shape index (κ2) is 6.07. The minimum absolute atomic E-state index is 0.160. The Bertz CT molecular complexity index is 515. The number of hydrogen-bond donors (Lipinski definition) is 0. The molecule has 2 aliphatic rings. The van der Waals surface area contributed by atoms with Crippen LogP contribution in [0.3, 0.4) is 0 Å². The summed E-state index contributed by atoms with van der Waals surface area (Å²) in [5, 5.41) is 1.99. The fraction of sp³-hybridized carbons (Fsp3) is 0.688. The van der Waals surface area contributed by atoms with Gasteiger partial charge in [0.15, 0.2) is 0 Å². The van der Waals surface area contributed by atoms with Crippen LogP contribution in [0.5, 0.6) is 0 Å². The van der Waals surface area contributed by atoms with Crippen LogP contribution >= 0.6 is 11.3 Å². The molecule has 3 rings (SSSR count). The summed E-state index contributed by atoms with van der Waals surface area (Å²) >= 11 is 1.54. The number of rotatable bonds is 3. The number of methoxy groups -OCH3 is 1. The van der Waals surface area contributed by atoms with Gasteiger partial charge in [-0.25, -0.2) is 0 Å². The van der Waals surface area contributed by atoms with Crippen molar-refractivity contribution in [1.29, 1.82) is 0 Å². The maximum Gasteiger partial charge on any atom is 0.264 e. The molecule has 1 amide bonds. The molecule has 1 saturated heterocycles. The SMILES string of the molecule is COC[C@@H]1CCC[C@]12CN(C(=O)c1sccc1C)CCO2. The second-order valence-corrected chi connectivity index (χ2v) is 7.03. The lowest BCUT2D eigenvalue weighted by Crippen LogP contribution is -2.56. The molecule has 2 fully saturated rings. The van der Waals surface area contributed by atoms with Gasteiger partial charge in [-0.1, -0.05) is 6.42 Å². The summed E-state index contributed by atoms with van der Waals surface area (Å²) in [5.74, 6) is 0.566. The zero-order valence-corrected chi connectivity index (χ0v) is 13.6. The van der Waals surface area contributed by atoms with Gasteiger partial charge in [0.2, 0.25) is 0 Å². The third-order valence-electron chi connectivity index (χ3n) is 4.82. The van der Waals surface area contributed by atoms with Gasteiger partial charge in [-0.2, -0.15) is 0 Å². The van der Waals surface area contributed by atoms with E-state index >= 15 is 0 Å². The highest BCUT2D eigenvalue weighted by molar-refractivity contribution is 7.12. The normalized spacial score (nSPS) is 29.2. The van der Waals surface area contributed by atoms with Crippen LogP contribution in [-0.4, -0.2) is 49.8 Å². The molecular weight excluding hydrogens is 286 g/mol. The molecule has 1 spiro atoms. The number of nitrogens with zero attached hydrogens (tertiary/aromatic N) is 1. The van der Waals surface area contributed by atoms with Crippen molar-refractivity contribution in [1.82, 2.24) is 4.90 Å². The van der Waals surface area contributed by atoms with Crippen LogP contribution in [0, 0.1) is 12.8 Å². The lowest BCUT2D eigenvalue weighted by atomic mass is 9.89. The molecule has 1 saturated carbocycles. The van der Waals surface area contributed by atoms with Crippen LogP contribution in [-0.2, 0) is 9.47 Å². The van der Waals surface area contributed by atoms with Crippen molar-refractivity contribution in [2.24, 2.45) is 5.92 Å². The molecule has 21 heavy (non-hydrogen) atoms. The Morgan fingerprint density at radius 3 is 3.19 bits per heavy atom. The number of carbonyl (C=O) groups is 1. The second-order valence-electron chi connectivity index (χ2n) is 6.12. The molecule has 0 unspecified atom stereocenters. The van der Waals surface area contributed by atoms with E-state index in [1.807, 2.05) is 23.3 Å². The molecule has 2 heterocycles. The van der Waals surface area contributed by atoms with E-state index in [4.69, 9.17) is 9.47 Å². The number of ether oxygens (including phenoxy) is 2. The van der Waals surface area contributed by atoms with Crippen molar-refractivity contribution < 1.29 is 14.3 Å². The zero-order chi connectivity index (χ0) is 14.9. The smallest absolute Gasteiger partial charge is 0.264 e. The Morgan fingerprint density at radius 2 is 2.48 bits per heavy atom. The van der Waals surface area contributed by atoms with Gasteiger partial charge in [0, 0.05) is 19.6 Å². The zero-order valence-electron chi connectivity index (χ0n) is 12.8. The van der Waals surface area contributed by atoms with Gasteiger partial charge in [-0.3, -0.25) is 4.79 Å². The van der Waals surface area contributed by atoms with Crippen LogP contribution in [0.4, 0.5) is 0 Å². The largest absolute Gasteiger partial charge is 0.384 e. The van der Waals surface area contributed by atoms with E-state index in [0.717, 1.165) is 36.3 Å². The molecule has 0 bridgehead atoms. The third kappa shape index (κ3) is 2.74. The minimum atomic E-state index is -0.185. The number of amides is 1. The molecule has 116 valence electrons. The molecule has 2 atom stereocenters. The first-order valence-corrected chi connectivity index (χ1v) is 8.50. The van der Waals surface area contributed by atoms with Crippen LogP contribution in [0.1, 0.15) is 34.5 Å². The van der Waals surface area contributed by atoms with Gasteiger partial charge in [0.1, 0.15) is 0 Å². The van der Waals surface area contributed by atoms with Gasteiger partial charge < -0.3 is 14.4 Å². The molecule has 5 heteroatoms. The quantitative estimate of drug-likeness (QED) is 0.862. The summed E-state index contributed by atoms with van der Waals surface area (Å²) in [6.45, 7) is 4.76. The van der Waals surface area contributed by atoms with Crippen LogP contribution in [0.25, 0.3) is 0 Å². The molecular formula is C16H23NO3S. The van der Waals surface area contributed by atoms with Crippen molar-refractivity contribution in [3.63, 3.8) is 0 Å². The van der Waals surface area contributed by atoms with E-state index in [1.165, 1.54) is 11.3 Å². The lowest BCUT2D eigenvalue weighted by Gasteiger charge is -2.44. The molecule has 0 N–H and O–H groups in total. The standard InChI is InChI=1S/C16H23NO3S/c1-12-5-9-21-14(12)15(18)17-7-8-20-16(11-17)6-3-4-13(16)10-19-2/h5,9,13H,3-4,6-8,10-11H2,1-2H3/t13-,16-/m0/s1. The monoisotopic (exact) mass is 309 g/mol. The van der Waals surface area contributed by atoms with Gasteiger partial charge in [-0.15, -0.1) is 11.3 Å². The summed E-state index contributed by atoms with van der Waals surface area (Å²) in [6, 6.07) is 2.01. The van der Waals surface area contributed by atoms with E-state index in [0.29, 0.717) is 25.6 Å². The molecule has 1 aromatic heterocycles. The maximum absolute atomic E-state index is 12.7. The molecule has 1 aliphatic carbocycles. The Kier molecular flexibility index (Phi) is 4.33. The van der Waals surface area contributed by atoms with Gasteiger partial charge in [0.05, 0.1) is 30.2 Å². The first kappa shape index (κ1) is 15.0. The number of hydrogen-bond acceptors (Lipinski definition) is 4. The Labute approximate surface area is 130 Å². The number of thiophene rings is 1. The van der Waals surface area contributed by atoms with E-state index < -0.39 is 0 Å². The number of aryl methyl sites for hydroxylation is 1. The Balaban J connectivity index is 1.77.